The average molecular weight is 267 g/mol. The number of ether oxygens (including phenoxy) is 2. The smallest absolute Gasteiger partial charge is 0.338 e. The van der Waals surface area contributed by atoms with Gasteiger partial charge < -0.3 is 9.47 Å². The van der Waals surface area contributed by atoms with Gasteiger partial charge in [-0.3, -0.25) is 14.9 Å². The highest BCUT2D eigenvalue weighted by Gasteiger charge is 2.20. The van der Waals surface area contributed by atoms with Crippen molar-refractivity contribution in [2.24, 2.45) is 0 Å². The summed E-state index contributed by atoms with van der Waals surface area (Å²) < 4.78 is 9.34. The van der Waals surface area contributed by atoms with E-state index < -0.39 is 22.5 Å². The van der Waals surface area contributed by atoms with E-state index >= 15 is 0 Å². The van der Waals surface area contributed by atoms with E-state index in [9.17, 15) is 19.7 Å². The summed E-state index contributed by atoms with van der Waals surface area (Å²) in [6.45, 7) is 1.79. The molecule has 0 amide bonds. The maximum atomic E-state index is 11.3. The van der Waals surface area contributed by atoms with Crippen molar-refractivity contribution in [2.45, 2.75) is 19.8 Å². The van der Waals surface area contributed by atoms with E-state index in [0.717, 1.165) is 6.07 Å². The lowest BCUT2D eigenvalue weighted by atomic mass is 10.2. The molecule has 0 aromatic heterocycles. The summed E-state index contributed by atoms with van der Waals surface area (Å²) in [6, 6.07) is 3.52. The molecule has 0 spiro atoms. The van der Waals surface area contributed by atoms with Gasteiger partial charge >= 0.3 is 17.6 Å². The third-order valence-corrected chi connectivity index (χ3v) is 2.25. The molecule has 0 unspecified atom stereocenters. The molecule has 0 fully saturated rings. The monoisotopic (exact) mass is 267 g/mol. The molecule has 0 N–H and O–H groups in total. The molecular formula is C12H13NO6. The summed E-state index contributed by atoms with van der Waals surface area (Å²) in [6.07, 6.45) is 0.739. The summed E-state index contributed by atoms with van der Waals surface area (Å²) in [4.78, 5) is 32.8. The van der Waals surface area contributed by atoms with Gasteiger partial charge in [0.05, 0.1) is 17.6 Å². The van der Waals surface area contributed by atoms with Crippen LogP contribution in [0.4, 0.5) is 5.69 Å². The Labute approximate surface area is 109 Å². The van der Waals surface area contributed by atoms with Crippen LogP contribution in [0.15, 0.2) is 18.2 Å². The Morgan fingerprint density at radius 2 is 2.05 bits per heavy atom. The van der Waals surface area contributed by atoms with Gasteiger partial charge in [0.2, 0.25) is 5.75 Å². The van der Waals surface area contributed by atoms with Gasteiger partial charge in [-0.1, -0.05) is 6.92 Å². The first kappa shape index (κ1) is 14.6. The predicted octanol–water partition coefficient (Wildman–Crippen LogP) is 2.09. The van der Waals surface area contributed by atoms with Crippen LogP contribution < -0.4 is 4.74 Å². The molecule has 0 radical (unpaired) electrons. The van der Waals surface area contributed by atoms with E-state index in [0.29, 0.717) is 6.42 Å². The highest BCUT2D eigenvalue weighted by atomic mass is 16.6. The topological polar surface area (TPSA) is 95.7 Å². The molecule has 7 heteroatoms. The molecule has 1 aromatic carbocycles. The largest absolute Gasteiger partial charge is 0.465 e. The second-order valence-electron chi connectivity index (χ2n) is 3.66. The highest BCUT2D eigenvalue weighted by Crippen LogP contribution is 2.28. The minimum Gasteiger partial charge on any atom is -0.465 e. The maximum Gasteiger partial charge on any atom is 0.338 e. The van der Waals surface area contributed by atoms with Crippen LogP contribution in [0.3, 0.4) is 0 Å². The van der Waals surface area contributed by atoms with Crippen LogP contribution in [0, 0.1) is 10.1 Å². The molecule has 19 heavy (non-hydrogen) atoms. The predicted molar refractivity (Wildman–Crippen MR) is 65.0 cm³/mol. The summed E-state index contributed by atoms with van der Waals surface area (Å²) in [7, 11) is 1.17. The van der Waals surface area contributed by atoms with Crippen LogP contribution in [0.5, 0.6) is 5.75 Å². The molecule has 0 aliphatic rings. The normalized spacial score (nSPS) is 9.79. The van der Waals surface area contributed by atoms with E-state index in [-0.39, 0.29) is 17.7 Å². The number of benzene rings is 1. The number of rotatable bonds is 5. The second kappa shape index (κ2) is 6.48. The Morgan fingerprint density at radius 3 is 2.58 bits per heavy atom. The molecule has 1 aromatic rings. The number of nitro groups is 1. The highest BCUT2D eigenvalue weighted by molar-refractivity contribution is 5.90. The fourth-order valence-electron chi connectivity index (χ4n) is 1.37. The molecule has 0 atom stereocenters. The molecule has 0 aliphatic carbocycles. The van der Waals surface area contributed by atoms with Crippen molar-refractivity contribution in [1.82, 2.24) is 0 Å². The van der Waals surface area contributed by atoms with Crippen LogP contribution in [0.1, 0.15) is 30.1 Å². The molecule has 102 valence electrons. The van der Waals surface area contributed by atoms with E-state index in [1.165, 1.54) is 19.2 Å². The third-order valence-electron chi connectivity index (χ3n) is 2.25. The molecule has 7 nitrogen and oxygen atoms in total. The minimum atomic E-state index is -0.721. The number of carbonyl (C=O) groups is 2. The van der Waals surface area contributed by atoms with E-state index in [1.807, 2.05) is 0 Å². The van der Waals surface area contributed by atoms with Gasteiger partial charge in [-0.15, -0.1) is 0 Å². The number of hydrogen-bond donors (Lipinski definition) is 0. The van der Waals surface area contributed by atoms with Crippen LogP contribution in [-0.2, 0) is 9.53 Å². The van der Waals surface area contributed by atoms with Crippen LogP contribution >= 0.6 is 0 Å². The van der Waals surface area contributed by atoms with Crippen molar-refractivity contribution < 1.29 is 24.0 Å². The van der Waals surface area contributed by atoms with E-state index in [4.69, 9.17) is 4.74 Å². The van der Waals surface area contributed by atoms with Gasteiger partial charge in [0.15, 0.2) is 0 Å². The number of methoxy groups -OCH3 is 1. The number of nitrogens with zero attached hydrogens (tertiary/aromatic N) is 1. The average Bonchev–Trinajstić information content (AvgIpc) is 2.38. The molecule has 0 aliphatic heterocycles. The van der Waals surface area contributed by atoms with Gasteiger partial charge in [0, 0.05) is 12.5 Å². The molecule has 0 bridgehead atoms. The maximum absolute atomic E-state index is 11.3. The molecule has 0 saturated carbocycles. The molecule has 1 rings (SSSR count). The Kier molecular flexibility index (Phi) is 4.99. The number of esters is 2. The van der Waals surface area contributed by atoms with E-state index in [2.05, 4.69) is 4.74 Å². The minimum absolute atomic E-state index is 0.0180. The van der Waals surface area contributed by atoms with Gasteiger partial charge in [-0.2, -0.15) is 0 Å². The fourth-order valence-corrected chi connectivity index (χ4v) is 1.37. The quantitative estimate of drug-likeness (QED) is 0.351. The number of carbonyl (C=O) groups excluding carboxylic acids is 2. The Morgan fingerprint density at radius 1 is 1.37 bits per heavy atom. The first-order chi connectivity index (χ1) is 8.99. The van der Waals surface area contributed by atoms with Gasteiger partial charge in [0.25, 0.3) is 0 Å². The number of nitro benzene ring substituents is 1. The summed E-state index contributed by atoms with van der Waals surface area (Å²) in [5.74, 6) is -1.44. The van der Waals surface area contributed by atoms with Crippen LogP contribution in [0.25, 0.3) is 0 Å². The van der Waals surface area contributed by atoms with Gasteiger partial charge in [-0.25, -0.2) is 4.79 Å². The second-order valence-corrected chi connectivity index (χ2v) is 3.66. The standard InChI is InChI=1S/C12H13NO6/c1-3-4-11(14)19-10-6-5-8(12(15)18-2)7-9(10)13(16)17/h5-7H,3-4H2,1-2H3. The summed E-state index contributed by atoms with van der Waals surface area (Å²) in [5, 5.41) is 10.9. The Balaban J connectivity index is 3.08. The molecule has 0 heterocycles. The van der Waals surface area contributed by atoms with Crippen LogP contribution in [-0.4, -0.2) is 24.0 Å². The van der Waals surface area contributed by atoms with Crippen molar-refractivity contribution in [2.75, 3.05) is 7.11 Å². The lowest BCUT2D eigenvalue weighted by Gasteiger charge is -2.05. The SMILES string of the molecule is CCCC(=O)Oc1ccc(C(=O)OC)cc1[N+](=O)[O-]. The van der Waals surface area contributed by atoms with Crippen molar-refractivity contribution in [3.8, 4) is 5.75 Å². The van der Waals surface area contributed by atoms with Crippen LogP contribution in [0.2, 0.25) is 0 Å². The zero-order valence-electron chi connectivity index (χ0n) is 10.5. The summed E-state index contributed by atoms with van der Waals surface area (Å²) >= 11 is 0. The first-order valence-electron chi connectivity index (χ1n) is 5.57. The summed E-state index contributed by atoms with van der Waals surface area (Å²) in [5.41, 5.74) is -0.433. The zero-order valence-corrected chi connectivity index (χ0v) is 10.5. The lowest BCUT2D eigenvalue weighted by molar-refractivity contribution is -0.385. The zero-order chi connectivity index (χ0) is 14.4. The van der Waals surface area contributed by atoms with E-state index in [1.54, 1.807) is 6.92 Å². The third kappa shape index (κ3) is 3.77. The van der Waals surface area contributed by atoms with Crippen molar-refractivity contribution >= 4 is 17.6 Å². The Hall–Kier alpha value is -2.44. The van der Waals surface area contributed by atoms with Crippen molar-refractivity contribution in [3.63, 3.8) is 0 Å². The first-order valence-corrected chi connectivity index (χ1v) is 5.57. The van der Waals surface area contributed by atoms with Crippen molar-refractivity contribution in [3.05, 3.63) is 33.9 Å². The lowest BCUT2D eigenvalue weighted by Crippen LogP contribution is -2.09. The number of hydrogen-bond acceptors (Lipinski definition) is 6. The molecular weight excluding hydrogens is 254 g/mol. The Bertz CT molecular complexity index is 511. The fraction of sp³-hybridized carbons (Fsp3) is 0.333. The molecule has 0 saturated heterocycles. The van der Waals surface area contributed by atoms with Crippen molar-refractivity contribution in [1.29, 1.82) is 0 Å². The van der Waals surface area contributed by atoms with Gasteiger partial charge in [0.1, 0.15) is 0 Å². The van der Waals surface area contributed by atoms with Gasteiger partial charge in [-0.05, 0) is 18.6 Å².